The number of rotatable bonds is 11. The molecule has 0 aliphatic rings. The normalized spacial score (nSPS) is 10.3. The van der Waals surface area contributed by atoms with Gasteiger partial charge in [0.25, 0.3) is 0 Å². The molecule has 5 heteroatoms. The Balaban J connectivity index is 2.54. The maximum Gasteiger partial charge on any atom is 0.305 e. The quantitative estimate of drug-likeness (QED) is 0.579. The molecule has 5 nitrogen and oxygen atoms in total. The van der Waals surface area contributed by atoms with Crippen molar-refractivity contribution in [1.82, 2.24) is 0 Å². The van der Waals surface area contributed by atoms with E-state index in [2.05, 4.69) is 4.90 Å². The number of carbonyl (C=O) groups is 2. The summed E-state index contributed by atoms with van der Waals surface area (Å²) in [6, 6.07) is 8.12. The standard InChI is InChI=1S/C19H29NO4/c1-4-6-18(21)23-14-12-20(13-15-24-19(22)7-5-2)17-10-8-16(3)9-11-17/h8-11H,4-7,12-15H2,1-3H3. The summed E-state index contributed by atoms with van der Waals surface area (Å²) >= 11 is 0. The van der Waals surface area contributed by atoms with Gasteiger partial charge < -0.3 is 14.4 Å². The Hall–Kier alpha value is -2.04. The summed E-state index contributed by atoms with van der Waals surface area (Å²) in [7, 11) is 0. The molecule has 0 amide bonds. The summed E-state index contributed by atoms with van der Waals surface area (Å²) in [4.78, 5) is 25.0. The van der Waals surface area contributed by atoms with Gasteiger partial charge in [-0.1, -0.05) is 31.5 Å². The van der Waals surface area contributed by atoms with Gasteiger partial charge in [0.1, 0.15) is 13.2 Å². The number of aryl methyl sites for hydroxylation is 1. The Morgan fingerprint density at radius 3 is 1.75 bits per heavy atom. The number of esters is 2. The Kier molecular flexibility index (Phi) is 9.58. The lowest BCUT2D eigenvalue weighted by Gasteiger charge is -2.24. The maximum absolute atomic E-state index is 11.5. The number of benzene rings is 1. The highest BCUT2D eigenvalue weighted by Gasteiger charge is 2.10. The molecule has 0 spiro atoms. The monoisotopic (exact) mass is 335 g/mol. The van der Waals surface area contributed by atoms with Crippen LogP contribution in [0.25, 0.3) is 0 Å². The van der Waals surface area contributed by atoms with Crippen molar-refractivity contribution in [3.8, 4) is 0 Å². The highest BCUT2D eigenvalue weighted by atomic mass is 16.5. The third-order valence-corrected chi connectivity index (χ3v) is 3.56. The van der Waals surface area contributed by atoms with Crippen LogP contribution in [0, 0.1) is 6.92 Å². The molecule has 0 aliphatic carbocycles. The summed E-state index contributed by atoms with van der Waals surface area (Å²) in [5.74, 6) is -0.341. The number of anilines is 1. The molecule has 0 saturated heterocycles. The van der Waals surface area contributed by atoms with Crippen LogP contribution < -0.4 is 4.90 Å². The molecule has 0 bridgehead atoms. The fourth-order valence-corrected chi connectivity index (χ4v) is 2.22. The summed E-state index contributed by atoms with van der Waals surface area (Å²) in [5, 5.41) is 0. The van der Waals surface area contributed by atoms with Crippen molar-refractivity contribution >= 4 is 17.6 Å². The Morgan fingerprint density at radius 1 is 0.875 bits per heavy atom. The van der Waals surface area contributed by atoms with Crippen LogP contribution in [0.5, 0.6) is 0 Å². The minimum absolute atomic E-state index is 0.171. The summed E-state index contributed by atoms with van der Waals surface area (Å²) < 4.78 is 10.5. The lowest BCUT2D eigenvalue weighted by molar-refractivity contribution is -0.143. The van der Waals surface area contributed by atoms with Crippen molar-refractivity contribution in [1.29, 1.82) is 0 Å². The van der Waals surface area contributed by atoms with Crippen molar-refractivity contribution in [3.63, 3.8) is 0 Å². The van der Waals surface area contributed by atoms with E-state index in [0.29, 0.717) is 39.1 Å². The van der Waals surface area contributed by atoms with E-state index in [9.17, 15) is 9.59 Å². The van der Waals surface area contributed by atoms with E-state index in [1.54, 1.807) is 0 Å². The first-order valence-electron chi connectivity index (χ1n) is 8.69. The van der Waals surface area contributed by atoms with Crippen molar-refractivity contribution in [3.05, 3.63) is 29.8 Å². The fraction of sp³-hybridized carbons (Fsp3) is 0.579. The van der Waals surface area contributed by atoms with Crippen LogP contribution in [0.2, 0.25) is 0 Å². The van der Waals surface area contributed by atoms with E-state index in [0.717, 1.165) is 18.5 Å². The van der Waals surface area contributed by atoms with Crippen LogP contribution in [-0.2, 0) is 19.1 Å². The molecule has 0 heterocycles. The molecular weight excluding hydrogens is 306 g/mol. The smallest absolute Gasteiger partial charge is 0.305 e. The molecule has 0 radical (unpaired) electrons. The zero-order valence-corrected chi connectivity index (χ0v) is 15.0. The largest absolute Gasteiger partial charge is 0.464 e. The Labute approximate surface area is 144 Å². The average Bonchev–Trinajstić information content (AvgIpc) is 2.55. The van der Waals surface area contributed by atoms with Crippen LogP contribution in [0.3, 0.4) is 0 Å². The number of carbonyl (C=O) groups excluding carboxylic acids is 2. The molecule has 0 N–H and O–H groups in total. The Morgan fingerprint density at radius 2 is 1.33 bits per heavy atom. The maximum atomic E-state index is 11.5. The van der Waals surface area contributed by atoms with E-state index >= 15 is 0 Å². The second-order valence-electron chi connectivity index (χ2n) is 5.76. The zero-order chi connectivity index (χ0) is 17.8. The first-order valence-corrected chi connectivity index (χ1v) is 8.69. The molecule has 24 heavy (non-hydrogen) atoms. The van der Waals surface area contributed by atoms with Gasteiger partial charge in [0.15, 0.2) is 0 Å². The van der Waals surface area contributed by atoms with Gasteiger partial charge in [-0.3, -0.25) is 9.59 Å². The van der Waals surface area contributed by atoms with E-state index in [1.807, 2.05) is 45.0 Å². The molecule has 1 rings (SSSR count). The second-order valence-corrected chi connectivity index (χ2v) is 5.76. The van der Waals surface area contributed by atoms with Crippen LogP contribution in [0.1, 0.15) is 45.1 Å². The van der Waals surface area contributed by atoms with Gasteiger partial charge in [0.2, 0.25) is 0 Å². The van der Waals surface area contributed by atoms with Crippen molar-refractivity contribution < 1.29 is 19.1 Å². The van der Waals surface area contributed by atoms with E-state index in [1.165, 1.54) is 5.56 Å². The summed E-state index contributed by atoms with van der Waals surface area (Å²) in [6.45, 7) is 7.74. The number of hydrogen-bond acceptors (Lipinski definition) is 5. The van der Waals surface area contributed by atoms with E-state index < -0.39 is 0 Å². The molecular formula is C19H29NO4. The van der Waals surface area contributed by atoms with Crippen molar-refractivity contribution in [2.75, 3.05) is 31.2 Å². The van der Waals surface area contributed by atoms with Gasteiger partial charge in [-0.25, -0.2) is 0 Å². The van der Waals surface area contributed by atoms with Gasteiger partial charge in [0.05, 0.1) is 13.1 Å². The second kappa shape index (κ2) is 11.5. The highest BCUT2D eigenvalue weighted by molar-refractivity contribution is 5.69. The van der Waals surface area contributed by atoms with Crippen LogP contribution in [0.4, 0.5) is 5.69 Å². The minimum Gasteiger partial charge on any atom is -0.464 e. The molecule has 1 aromatic rings. The minimum atomic E-state index is -0.171. The molecule has 0 fully saturated rings. The molecule has 0 saturated carbocycles. The highest BCUT2D eigenvalue weighted by Crippen LogP contribution is 2.15. The number of nitrogens with zero attached hydrogens (tertiary/aromatic N) is 1. The lowest BCUT2D eigenvalue weighted by atomic mass is 10.2. The fourth-order valence-electron chi connectivity index (χ4n) is 2.22. The van der Waals surface area contributed by atoms with Gasteiger partial charge in [-0.2, -0.15) is 0 Å². The van der Waals surface area contributed by atoms with Gasteiger partial charge >= 0.3 is 11.9 Å². The SMILES string of the molecule is CCCC(=O)OCCN(CCOC(=O)CCC)c1ccc(C)cc1. The topological polar surface area (TPSA) is 55.8 Å². The average molecular weight is 335 g/mol. The molecule has 0 aromatic heterocycles. The molecule has 134 valence electrons. The molecule has 0 aliphatic heterocycles. The Bertz CT molecular complexity index is 475. The van der Waals surface area contributed by atoms with Gasteiger partial charge in [0, 0.05) is 18.5 Å². The number of ether oxygens (including phenoxy) is 2. The predicted octanol–water partition coefficient (Wildman–Crippen LogP) is 3.49. The third-order valence-electron chi connectivity index (χ3n) is 3.56. The van der Waals surface area contributed by atoms with Crippen LogP contribution in [0.15, 0.2) is 24.3 Å². The first-order chi connectivity index (χ1) is 11.6. The summed E-state index contributed by atoms with van der Waals surface area (Å²) in [6.07, 6.45) is 2.46. The first kappa shape index (κ1) is 20.0. The third kappa shape index (κ3) is 7.99. The van der Waals surface area contributed by atoms with Crippen molar-refractivity contribution in [2.24, 2.45) is 0 Å². The van der Waals surface area contributed by atoms with Crippen LogP contribution >= 0.6 is 0 Å². The van der Waals surface area contributed by atoms with E-state index in [4.69, 9.17) is 9.47 Å². The lowest BCUT2D eigenvalue weighted by Crippen LogP contribution is -2.32. The zero-order valence-electron chi connectivity index (χ0n) is 15.0. The number of hydrogen-bond donors (Lipinski definition) is 0. The molecule has 1 aromatic carbocycles. The predicted molar refractivity (Wildman–Crippen MR) is 95.1 cm³/mol. The summed E-state index contributed by atoms with van der Waals surface area (Å²) in [5.41, 5.74) is 2.21. The molecule has 0 unspecified atom stereocenters. The van der Waals surface area contributed by atoms with Gasteiger partial charge in [-0.05, 0) is 31.9 Å². The van der Waals surface area contributed by atoms with Crippen molar-refractivity contribution in [2.45, 2.75) is 46.5 Å². The van der Waals surface area contributed by atoms with E-state index in [-0.39, 0.29) is 11.9 Å². The van der Waals surface area contributed by atoms with Crippen LogP contribution in [-0.4, -0.2) is 38.2 Å². The van der Waals surface area contributed by atoms with Gasteiger partial charge in [-0.15, -0.1) is 0 Å². The molecule has 0 atom stereocenters.